The molecule has 0 aromatic heterocycles. The van der Waals surface area contributed by atoms with E-state index in [4.69, 9.17) is 5.84 Å². The molecule has 2 heteroatoms. The van der Waals surface area contributed by atoms with Crippen molar-refractivity contribution in [3.8, 4) is 0 Å². The number of nitrogens with one attached hydrogen (secondary N) is 1. The van der Waals surface area contributed by atoms with Crippen molar-refractivity contribution < 1.29 is 0 Å². The third-order valence-corrected chi connectivity index (χ3v) is 2.01. The summed E-state index contributed by atoms with van der Waals surface area (Å²) in [6, 6.07) is 0.414. The van der Waals surface area contributed by atoms with E-state index >= 15 is 0 Å². The van der Waals surface area contributed by atoms with Crippen molar-refractivity contribution in [2.75, 3.05) is 0 Å². The van der Waals surface area contributed by atoms with Gasteiger partial charge in [-0.1, -0.05) is 26.3 Å². The molecule has 0 aliphatic carbocycles. The van der Waals surface area contributed by atoms with Gasteiger partial charge in [0.1, 0.15) is 0 Å². The van der Waals surface area contributed by atoms with Crippen molar-refractivity contribution in [3.05, 3.63) is 12.2 Å². The Balaban J connectivity index is 3.83. The fourth-order valence-electron chi connectivity index (χ4n) is 1.40. The van der Waals surface area contributed by atoms with Gasteiger partial charge in [0.25, 0.3) is 0 Å². The van der Waals surface area contributed by atoms with E-state index in [9.17, 15) is 0 Å². The molecule has 0 aromatic rings. The van der Waals surface area contributed by atoms with Gasteiger partial charge < -0.3 is 0 Å². The van der Waals surface area contributed by atoms with E-state index in [2.05, 4.69) is 39.7 Å². The number of rotatable bonds is 5. The van der Waals surface area contributed by atoms with Crippen molar-refractivity contribution >= 4 is 0 Å². The predicted octanol–water partition coefficient (Wildman–Crippen LogP) is 2.61. The summed E-state index contributed by atoms with van der Waals surface area (Å²) in [5.41, 5.74) is 4.44. The van der Waals surface area contributed by atoms with Crippen LogP contribution in [0.2, 0.25) is 0 Å². The lowest BCUT2D eigenvalue weighted by molar-refractivity contribution is 0.300. The molecule has 0 aliphatic rings. The molecule has 0 aromatic carbocycles. The van der Waals surface area contributed by atoms with Crippen LogP contribution in [0.1, 0.15) is 47.0 Å². The monoisotopic (exact) mass is 184 g/mol. The highest BCUT2D eigenvalue weighted by Crippen LogP contribution is 2.22. The van der Waals surface area contributed by atoms with E-state index in [0.717, 1.165) is 19.3 Å². The molecule has 0 saturated heterocycles. The average Bonchev–Trinajstić information content (AvgIpc) is 1.95. The fourth-order valence-corrected chi connectivity index (χ4v) is 1.40. The molecule has 0 radical (unpaired) electrons. The van der Waals surface area contributed by atoms with E-state index in [1.165, 1.54) is 5.57 Å². The summed E-state index contributed by atoms with van der Waals surface area (Å²) < 4.78 is 0. The van der Waals surface area contributed by atoms with Crippen molar-refractivity contribution in [1.29, 1.82) is 0 Å². The summed E-state index contributed by atoms with van der Waals surface area (Å²) in [5, 5.41) is 0. The SMILES string of the molecule is C=C(C)CCC(CC(C)(C)C)NN. The quantitative estimate of drug-likeness (QED) is 0.391. The van der Waals surface area contributed by atoms with Crippen molar-refractivity contribution in [3.63, 3.8) is 0 Å². The highest BCUT2D eigenvalue weighted by atomic mass is 15.2. The standard InChI is InChI=1S/C11H24N2/c1-9(2)6-7-10(13-12)8-11(3,4)5/h10,13H,1,6-8,12H2,2-5H3. The minimum Gasteiger partial charge on any atom is -0.271 e. The molecule has 0 fully saturated rings. The van der Waals surface area contributed by atoms with Gasteiger partial charge in [0.2, 0.25) is 0 Å². The normalized spacial score (nSPS) is 14.2. The maximum atomic E-state index is 5.49. The zero-order valence-electron chi connectivity index (χ0n) is 9.48. The van der Waals surface area contributed by atoms with Gasteiger partial charge in [0.15, 0.2) is 0 Å². The van der Waals surface area contributed by atoms with E-state index in [0.29, 0.717) is 11.5 Å². The Kier molecular flexibility index (Phi) is 5.26. The highest BCUT2D eigenvalue weighted by molar-refractivity contribution is 4.89. The maximum absolute atomic E-state index is 5.49. The lowest BCUT2D eigenvalue weighted by Crippen LogP contribution is -2.37. The summed E-state index contributed by atoms with van der Waals surface area (Å²) in [6.45, 7) is 12.7. The van der Waals surface area contributed by atoms with Gasteiger partial charge in [0, 0.05) is 6.04 Å². The highest BCUT2D eigenvalue weighted by Gasteiger charge is 2.17. The van der Waals surface area contributed by atoms with Crippen LogP contribution in [-0.4, -0.2) is 6.04 Å². The topological polar surface area (TPSA) is 38.0 Å². The first-order chi connectivity index (χ1) is 5.85. The van der Waals surface area contributed by atoms with Crippen LogP contribution in [0.5, 0.6) is 0 Å². The second-order valence-corrected chi connectivity index (χ2v) is 5.12. The molecular weight excluding hydrogens is 160 g/mol. The molecule has 3 N–H and O–H groups in total. The second kappa shape index (κ2) is 5.40. The summed E-state index contributed by atoms with van der Waals surface area (Å²) in [6.07, 6.45) is 3.25. The van der Waals surface area contributed by atoms with E-state index < -0.39 is 0 Å². The van der Waals surface area contributed by atoms with Crippen LogP contribution in [0, 0.1) is 5.41 Å². The minimum atomic E-state index is 0.339. The molecule has 0 spiro atoms. The Labute approximate surface area is 82.6 Å². The Hall–Kier alpha value is -0.340. The minimum absolute atomic E-state index is 0.339. The first kappa shape index (κ1) is 12.7. The third kappa shape index (κ3) is 8.00. The smallest absolute Gasteiger partial charge is 0.0218 e. The molecule has 78 valence electrons. The molecule has 1 unspecified atom stereocenters. The lowest BCUT2D eigenvalue weighted by Gasteiger charge is -2.25. The Morgan fingerprint density at radius 1 is 1.46 bits per heavy atom. The van der Waals surface area contributed by atoms with Crippen LogP contribution in [0.15, 0.2) is 12.2 Å². The summed E-state index contributed by atoms with van der Waals surface area (Å²) in [7, 11) is 0. The van der Waals surface area contributed by atoms with Gasteiger partial charge in [0.05, 0.1) is 0 Å². The van der Waals surface area contributed by atoms with Gasteiger partial charge in [-0.3, -0.25) is 11.3 Å². The van der Waals surface area contributed by atoms with Gasteiger partial charge >= 0.3 is 0 Å². The Morgan fingerprint density at radius 3 is 2.31 bits per heavy atom. The second-order valence-electron chi connectivity index (χ2n) is 5.12. The molecule has 0 bridgehead atoms. The fraction of sp³-hybridized carbons (Fsp3) is 0.818. The molecule has 0 amide bonds. The van der Waals surface area contributed by atoms with E-state index in [-0.39, 0.29) is 0 Å². The van der Waals surface area contributed by atoms with Crippen LogP contribution in [-0.2, 0) is 0 Å². The Morgan fingerprint density at radius 2 is 2.00 bits per heavy atom. The zero-order valence-corrected chi connectivity index (χ0v) is 9.48. The van der Waals surface area contributed by atoms with Gasteiger partial charge in [-0.2, -0.15) is 0 Å². The molecule has 0 heterocycles. The van der Waals surface area contributed by atoms with Crippen molar-refractivity contribution in [2.45, 2.75) is 53.0 Å². The van der Waals surface area contributed by atoms with Crippen molar-refractivity contribution in [1.82, 2.24) is 5.43 Å². The first-order valence-corrected chi connectivity index (χ1v) is 4.95. The van der Waals surface area contributed by atoms with E-state index in [1.807, 2.05) is 0 Å². The molecular formula is C11H24N2. The predicted molar refractivity (Wildman–Crippen MR) is 59.2 cm³/mol. The number of hydrazine groups is 1. The van der Waals surface area contributed by atoms with Crippen LogP contribution in [0.4, 0.5) is 0 Å². The maximum Gasteiger partial charge on any atom is 0.0218 e. The molecule has 0 saturated carbocycles. The van der Waals surface area contributed by atoms with Crippen LogP contribution in [0.25, 0.3) is 0 Å². The number of hydrogen-bond donors (Lipinski definition) is 2. The largest absolute Gasteiger partial charge is 0.271 e. The molecule has 0 aliphatic heterocycles. The zero-order chi connectivity index (χ0) is 10.5. The number of nitrogens with two attached hydrogens (primary N) is 1. The first-order valence-electron chi connectivity index (χ1n) is 4.95. The van der Waals surface area contributed by atoms with Crippen molar-refractivity contribution in [2.24, 2.45) is 11.3 Å². The van der Waals surface area contributed by atoms with Crippen LogP contribution >= 0.6 is 0 Å². The van der Waals surface area contributed by atoms with Crippen LogP contribution in [0.3, 0.4) is 0 Å². The molecule has 13 heavy (non-hydrogen) atoms. The van der Waals surface area contributed by atoms with E-state index in [1.54, 1.807) is 0 Å². The average molecular weight is 184 g/mol. The molecule has 1 atom stereocenters. The lowest BCUT2D eigenvalue weighted by atomic mass is 9.86. The number of allylic oxidation sites excluding steroid dienone is 1. The van der Waals surface area contributed by atoms with Gasteiger partial charge in [-0.25, -0.2) is 0 Å². The van der Waals surface area contributed by atoms with Gasteiger partial charge in [-0.05, 0) is 31.6 Å². The van der Waals surface area contributed by atoms with Gasteiger partial charge in [-0.15, -0.1) is 6.58 Å². The Bertz CT molecular complexity index is 156. The number of hydrogen-bond acceptors (Lipinski definition) is 2. The third-order valence-electron chi connectivity index (χ3n) is 2.01. The summed E-state index contributed by atoms with van der Waals surface area (Å²) in [4.78, 5) is 0. The summed E-state index contributed by atoms with van der Waals surface area (Å²) in [5.74, 6) is 5.49. The molecule has 2 nitrogen and oxygen atoms in total. The van der Waals surface area contributed by atoms with Crippen LogP contribution < -0.4 is 11.3 Å². The summed E-state index contributed by atoms with van der Waals surface area (Å²) >= 11 is 0. The molecule has 0 rings (SSSR count).